The smallest absolute Gasteiger partial charge is 0.307 e. The molecule has 1 N–H and O–H groups in total. The van der Waals surface area contributed by atoms with Gasteiger partial charge in [-0.3, -0.25) is 0 Å². The van der Waals surface area contributed by atoms with Gasteiger partial charge in [-0.25, -0.2) is 5.09 Å². The maximum atomic E-state index is 7.02. The summed E-state index contributed by atoms with van der Waals surface area (Å²) in [6, 6.07) is 50.9. The Balaban J connectivity index is 1.07. The minimum atomic E-state index is -1.56. The van der Waals surface area contributed by atoms with Gasteiger partial charge in [0, 0.05) is 28.4 Å². The summed E-state index contributed by atoms with van der Waals surface area (Å²) in [5.41, 5.74) is 10.8. The standard InChI is InChI=1S/C51H41NO2P2/c1-33(52-56-53-45-29-27-36-15-7-11-21-43(36)49(45)50-44-22-12-8-16-37(44)28-30-46(50)54-56)51(38-17-3-2-4-18-38)55-31-39-25-23-34-13-5-9-19-41(34)47(39)48-40(32-55)26-24-35-14-6-10-20-42(35)48/h2-19,21-30,33,42,51-52H,20,31-32H2,1H3/t33-,42?,51+,55?/m0/s1. The van der Waals surface area contributed by atoms with Crippen LogP contribution < -0.4 is 5.09 Å². The van der Waals surface area contributed by atoms with Gasteiger partial charge >= 0.3 is 8.16 Å². The Morgan fingerprint density at radius 3 is 1.93 bits per heavy atom. The van der Waals surface area contributed by atoms with Gasteiger partial charge < -0.3 is 8.39 Å². The van der Waals surface area contributed by atoms with Gasteiger partial charge in [0.25, 0.3) is 0 Å². The van der Waals surface area contributed by atoms with Crippen molar-refractivity contribution in [3.8, 4) is 0 Å². The molecule has 56 heavy (non-hydrogen) atoms. The quantitative estimate of drug-likeness (QED) is 0.178. The lowest BCUT2D eigenvalue weighted by atomic mass is 9.74. The highest BCUT2D eigenvalue weighted by atomic mass is 31.1. The van der Waals surface area contributed by atoms with E-state index < -0.39 is 16.1 Å². The molecule has 0 saturated carbocycles. The molecule has 4 atom stereocenters. The lowest BCUT2D eigenvalue weighted by molar-refractivity contribution is 0.632. The van der Waals surface area contributed by atoms with E-state index >= 15 is 0 Å². The molecule has 2 aliphatic carbocycles. The van der Waals surface area contributed by atoms with E-state index in [-0.39, 0.29) is 11.7 Å². The summed E-state index contributed by atoms with van der Waals surface area (Å²) in [6.07, 6.45) is 14.9. The Bertz CT molecular complexity index is 2930. The Hall–Kier alpha value is -5.43. The average molecular weight is 762 g/mol. The number of rotatable bonds is 5. The summed E-state index contributed by atoms with van der Waals surface area (Å²) in [4.78, 5) is 0. The molecule has 7 aromatic carbocycles. The molecule has 11 rings (SSSR count). The first-order valence-electron chi connectivity index (χ1n) is 19.7. The molecule has 3 nitrogen and oxygen atoms in total. The molecule has 272 valence electrons. The maximum Gasteiger partial charge on any atom is 0.307 e. The molecule has 1 aromatic heterocycles. The number of allylic oxidation sites excluding steroid dienone is 8. The molecule has 0 radical (unpaired) electrons. The summed E-state index contributed by atoms with van der Waals surface area (Å²) >= 11 is 0. The van der Waals surface area contributed by atoms with E-state index in [2.05, 4.69) is 182 Å². The van der Waals surface area contributed by atoms with Gasteiger partial charge in [-0.05, 0) is 104 Å². The Morgan fingerprint density at radius 2 is 1.23 bits per heavy atom. The van der Waals surface area contributed by atoms with Crippen LogP contribution in [0.4, 0.5) is 0 Å². The van der Waals surface area contributed by atoms with Gasteiger partial charge in [-0.1, -0.05) is 166 Å². The lowest BCUT2D eigenvalue weighted by Crippen LogP contribution is -2.23. The van der Waals surface area contributed by atoms with Crippen LogP contribution in [0.15, 0.2) is 189 Å². The SMILES string of the molecule is C[C@H](Np1oc2ccc3ccccc3c2c2c(ccc3ccccc32)o1)[C@H](c1ccccc1)P1CC2=C(c3c(ccc4ccccc34)C1)C1CC=CC=C1C=C2. The van der Waals surface area contributed by atoms with Crippen molar-refractivity contribution in [1.29, 1.82) is 0 Å². The van der Waals surface area contributed by atoms with Crippen LogP contribution in [-0.2, 0) is 6.16 Å². The first-order valence-corrected chi connectivity index (χ1v) is 22.7. The number of hydrogen-bond acceptors (Lipinski definition) is 3. The van der Waals surface area contributed by atoms with Crippen LogP contribution in [0.25, 0.3) is 59.8 Å². The lowest BCUT2D eigenvalue weighted by Gasteiger charge is -2.33. The zero-order valence-corrected chi connectivity index (χ0v) is 33.0. The Morgan fingerprint density at radius 1 is 0.625 bits per heavy atom. The monoisotopic (exact) mass is 761 g/mol. The fourth-order valence-corrected chi connectivity index (χ4v) is 14.3. The molecule has 2 heterocycles. The van der Waals surface area contributed by atoms with E-state index in [4.69, 9.17) is 8.39 Å². The molecule has 1 aliphatic heterocycles. The van der Waals surface area contributed by atoms with Gasteiger partial charge in [0.1, 0.15) is 11.2 Å². The Labute approximate surface area is 329 Å². The van der Waals surface area contributed by atoms with Gasteiger partial charge in [-0.15, -0.1) is 0 Å². The summed E-state index contributed by atoms with van der Waals surface area (Å²) in [7, 11) is -2.14. The number of hydrogen-bond donors (Lipinski definition) is 1. The van der Waals surface area contributed by atoms with Crippen molar-refractivity contribution in [3.63, 3.8) is 0 Å². The number of fused-ring (bicyclic) bond motifs is 13. The molecule has 0 fully saturated rings. The minimum Gasteiger partial charge on any atom is -0.408 e. The van der Waals surface area contributed by atoms with Gasteiger partial charge in [-0.2, -0.15) is 0 Å². The summed E-state index contributed by atoms with van der Waals surface area (Å²) in [6.45, 7) is 2.35. The zero-order chi connectivity index (χ0) is 37.2. The second-order valence-electron chi connectivity index (χ2n) is 15.4. The van der Waals surface area contributed by atoms with E-state index in [1.807, 2.05) is 0 Å². The molecule has 0 bridgehead atoms. The van der Waals surface area contributed by atoms with Crippen molar-refractivity contribution >= 4 is 75.9 Å². The van der Waals surface area contributed by atoms with Crippen molar-refractivity contribution in [2.45, 2.75) is 31.2 Å². The number of benzene rings is 7. The van der Waals surface area contributed by atoms with Crippen LogP contribution in [-0.4, -0.2) is 12.2 Å². The van der Waals surface area contributed by atoms with Crippen LogP contribution in [0.3, 0.4) is 0 Å². The molecule has 8 aromatic rings. The maximum absolute atomic E-state index is 7.02. The van der Waals surface area contributed by atoms with Gasteiger partial charge in [0.2, 0.25) is 0 Å². The molecule has 0 saturated heterocycles. The molecular weight excluding hydrogens is 721 g/mol. The van der Waals surface area contributed by atoms with Crippen molar-refractivity contribution in [3.05, 3.63) is 198 Å². The van der Waals surface area contributed by atoms with Crippen LogP contribution in [0.1, 0.15) is 35.7 Å². The molecule has 0 spiro atoms. The summed E-state index contributed by atoms with van der Waals surface area (Å²) < 4.78 is 14.0. The zero-order valence-electron chi connectivity index (χ0n) is 31.2. The summed E-state index contributed by atoms with van der Waals surface area (Å²) in [5, 5.41) is 13.6. The number of nitrogens with one attached hydrogen (secondary N) is 1. The highest BCUT2D eigenvalue weighted by Gasteiger charge is 2.36. The molecule has 3 aliphatic rings. The first kappa shape index (κ1) is 33.9. The molecule has 5 heteroatoms. The molecule has 0 amide bonds. The van der Waals surface area contributed by atoms with Crippen molar-refractivity contribution in [2.24, 2.45) is 5.92 Å². The minimum absolute atomic E-state index is 0.0623. The fourth-order valence-electron chi connectivity index (χ4n) is 9.67. The predicted octanol–water partition coefficient (Wildman–Crippen LogP) is 14.9. The predicted molar refractivity (Wildman–Crippen MR) is 240 cm³/mol. The van der Waals surface area contributed by atoms with E-state index in [1.54, 1.807) is 5.57 Å². The molecular formula is C51H41NO2P2. The van der Waals surface area contributed by atoms with Crippen LogP contribution >= 0.6 is 16.1 Å². The first-order chi connectivity index (χ1) is 27.7. The third-order valence-electron chi connectivity index (χ3n) is 12.1. The fraction of sp³-hybridized carbons (Fsp3) is 0.137. The second kappa shape index (κ2) is 13.9. The Kier molecular flexibility index (Phi) is 8.43. The van der Waals surface area contributed by atoms with E-state index in [0.717, 1.165) is 40.7 Å². The van der Waals surface area contributed by atoms with Gasteiger partial charge in [0.15, 0.2) is 0 Å². The molecule has 2 unspecified atom stereocenters. The third kappa shape index (κ3) is 5.72. The highest BCUT2D eigenvalue weighted by Crippen LogP contribution is 2.62. The van der Waals surface area contributed by atoms with E-state index in [9.17, 15) is 0 Å². The average Bonchev–Trinajstić information content (AvgIpc) is 3.52. The van der Waals surface area contributed by atoms with Crippen molar-refractivity contribution < 1.29 is 8.39 Å². The van der Waals surface area contributed by atoms with E-state index in [1.165, 1.54) is 60.2 Å². The van der Waals surface area contributed by atoms with Crippen LogP contribution in [0.5, 0.6) is 0 Å². The van der Waals surface area contributed by atoms with Crippen LogP contribution in [0.2, 0.25) is 0 Å². The normalized spacial score (nSPS) is 18.8. The van der Waals surface area contributed by atoms with Gasteiger partial charge in [0.05, 0.1) is 0 Å². The second-order valence-corrected chi connectivity index (χ2v) is 18.9. The largest absolute Gasteiger partial charge is 0.408 e. The van der Waals surface area contributed by atoms with E-state index in [0.29, 0.717) is 5.92 Å². The topological polar surface area (TPSA) is 38.3 Å². The van der Waals surface area contributed by atoms with Crippen molar-refractivity contribution in [1.82, 2.24) is 0 Å². The van der Waals surface area contributed by atoms with Crippen LogP contribution in [0, 0.1) is 5.92 Å². The summed E-state index contributed by atoms with van der Waals surface area (Å²) in [5.74, 6) is 0.383. The third-order valence-corrected chi connectivity index (χ3v) is 16.5. The highest BCUT2D eigenvalue weighted by molar-refractivity contribution is 7.57. The van der Waals surface area contributed by atoms with Crippen molar-refractivity contribution in [2.75, 3.05) is 11.2 Å².